The minimum atomic E-state index is -1.03. The maximum Gasteiger partial charge on any atom is 0.160 e. The van der Waals surface area contributed by atoms with Crippen LogP contribution in [0.3, 0.4) is 0 Å². The zero-order valence-corrected chi connectivity index (χ0v) is 16.0. The number of nitrogens with zero attached hydrogens (tertiary/aromatic N) is 3. The van der Waals surface area contributed by atoms with Crippen molar-refractivity contribution in [1.29, 1.82) is 0 Å². The predicted molar refractivity (Wildman–Crippen MR) is 107 cm³/mol. The number of hydrogen-bond donors (Lipinski definition) is 2. The number of aliphatic imine (C=N–C) groups is 1. The molecular weight excluding hydrogens is 366 g/mol. The van der Waals surface area contributed by atoms with Gasteiger partial charge in [0.1, 0.15) is 9.04 Å². The van der Waals surface area contributed by atoms with E-state index in [-0.39, 0.29) is 5.25 Å². The van der Waals surface area contributed by atoms with Gasteiger partial charge in [-0.2, -0.15) is 0 Å². The Morgan fingerprint density at radius 3 is 2.62 bits per heavy atom. The topological polar surface area (TPSA) is 93.3 Å². The summed E-state index contributed by atoms with van der Waals surface area (Å²) in [6, 6.07) is 0. The highest BCUT2D eigenvalue weighted by atomic mass is 32.2. The molecule has 3 N–H and O–H groups in total. The monoisotopic (exact) mass is 387 g/mol. The number of aromatic nitrogens is 2. The molecule has 5 rings (SSSR count). The fourth-order valence-corrected chi connectivity index (χ4v) is 6.74. The molecule has 0 saturated heterocycles. The first kappa shape index (κ1) is 16.4. The van der Waals surface area contributed by atoms with Crippen molar-refractivity contribution >= 4 is 50.0 Å². The van der Waals surface area contributed by atoms with Crippen molar-refractivity contribution in [3.8, 4) is 0 Å². The van der Waals surface area contributed by atoms with Gasteiger partial charge < -0.3 is 11.1 Å². The molecule has 1 atom stereocenters. The molecule has 3 aliphatic rings. The van der Waals surface area contributed by atoms with Crippen molar-refractivity contribution in [1.82, 2.24) is 15.3 Å². The molecule has 8 heteroatoms. The van der Waals surface area contributed by atoms with Gasteiger partial charge in [0, 0.05) is 22.9 Å². The summed E-state index contributed by atoms with van der Waals surface area (Å²) < 4.78 is 13.7. The van der Waals surface area contributed by atoms with Gasteiger partial charge in [-0.05, 0) is 25.7 Å². The molecule has 1 unspecified atom stereocenters. The molecule has 2 aromatic heterocycles. The van der Waals surface area contributed by atoms with E-state index < -0.39 is 10.8 Å². The highest BCUT2D eigenvalue weighted by molar-refractivity contribution is 7.88. The molecule has 2 saturated carbocycles. The third kappa shape index (κ3) is 2.58. The number of anilines is 1. The smallest absolute Gasteiger partial charge is 0.160 e. The second-order valence-corrected chi connectivity index (χ2v) is 10.1. The zero-order valence-electron chi connectivity index (χ0n) is 14.4. The second-order valence-electron chi connectivity index (χ2n) is 7.20. The van der Waals surface area contributed by atoms with E-state index in [1.165, 1.54) is 24.2 Å². The minimum absolute atomic E-state index is 0.254. The van der Waals surface area contributed by atoms with Gasteiger partial charge in [0.25, 0.3) is 0 Å². The first-order chi connectivity index (χ1) is 12.7. The molecule has 2 aromatic rings. The third-order valence-corrected chi connectivity index (χ3v) is 8.88. The number of thiophene rings is 1. The molecule has 26 heavy (non-hydrogen) atoms. The molecule has 2 aliphatic carbocycles. The van der Waals surface area contributed by atoms with Gasteiger partial charge in [0.2, 0.25) is 0 Å². The normalized spacial score (nSPS) is 21.8. The van der Waals surface area contributed by atoms with Crippen LogP contribution in [-0.4, -0.2) is 32.3 Å². The van der Waals surface area contributed by atoms with Crippen LogP contribution in [0.4, 0.5) is 5.69 Å². The number of nitrogens with one attached hydrogen (secondary N) is 1. The van der Waals surface area contributed by atoms with Crippen LogP contribution in [0.5, 0.6) is 0 Å². The average Bonchev–Trinajstić information content (AvgIpc) is 2.89. The standard InChI is InChI=1S/C18H21N5OS2/c19-14-13-15(10-3-1-4-10)22-16(11-7-20-9-21-8-11)23-17(13)25-18(14)26(24)12-5-2-6-12/h7,9-10,12H,1-6,8,19H2,(H,20,21). The Morgan fingerprint density at radius 2 is 2.00 bits per heavy atom. The molecule has 2 fully saturated rings. The van der Waals surface area contributed by atoms with Crippen molar-refractivity contribution in [2.45, 2.75) is 53.9 Å². The molecule has 136 valence electrons. The molecule has 0 radical (unpaired) electrons. The Balaban J connectivity index is 1.65. The van der Waals surface area contributed by atoms with E-state index in [1.54, 1.807) is 6.34 Å². The fraction of sp³-hybridized carbons (Fsp3) is 0.500. The first-order valence-corrected chi connectivity index (χ1v) is 11.2. The maximum atomic E-state index is 12.9. The van der Waals surface area contributed by atoms with Gasteiger partial charge in [-0.15, -0.1) is 11.3 Å². The zero-order chi connectivity index (χ0) is 17.7. The summed E-state index contributed by atoms with van der Waals surface area (Å²) in [6.45, 7) is 0.574. The van der Waals surface area contributed by atoms with Crippen LogP contribution in [-0.2, 0) is 10.8 Å². The van der Waals surface area contributed by atoms with Gasteiger partial charge in [-0.25, -0.2) is 9.97 Å². The lowest BCUT2D eigenvalue weighted by Crippen LogP contribution is -2.23. The van der Waals surface area contributed by atoms with Gasteiger partial charge in [-0.1, -0.05) is 12.8 Å². The number of nitrogen functional groups attached to an aromatic ring is 1. The molecular formula is C18H21N5OS2. The molecule has 0 bridgehead atoms. The summed E-state index contributed by atoms with van der Waals surface area (Å²) in [5, 5.41) is 4.22. The Labute approximate surface area is 158 Å². The van der Waals surface area contributed by atoms with E-state index in [2.05, 4.69) is 10.3 Å². The van der Waals surface area contributed by atoms with Gasteiger partial charge in [-0.3, -0.25) is 9.20 Å². The van der Waals surface area contributed by atoms with Crippen LogP contribution in [0.15, 0.2) is 15.4 Å². The van der Waals surface area contributed by atoms with Crippen LogP contribution in [0.1, 0.15) is 56.0 Å². The van der Waals surface area contributed by atoms with E-state index in [9.17, 15) is 4.21 Å². The molecule has 0 spiro atoms. The lowest BCUT2D eigenvalue weighted by Gasteiger charge is -2.26. The quantitative estimate of drug-likeness (QED) is 0.840. The number of fused-ring (bicyclic) bond motifs is 1. The maximum absolute atomic E-state index is 12.9. The second kappa shape index (κ2) is 6.42. The summed E-state index contributed by atoms with van der Waals surface area (Å²) in [5.41, 5.74) is 9.15. The van der Waals surface area contributed by atoms with Crippen molar-refractivity contribution < 1.29 is 4.21 Å². The number of nitrogens with two attached hydrogens (primary N) is 1. The molecule has 0 aromatic carbocycles. The Morgan fingerprint density at radius 1 is 1.19 bits per heavy atom. The summed E-state index contributed by atoms with van der Waals surface area (Å²) in [6.07, 6.45) is 10.3. The summed E-state index contributed by atoms with van der Waals surface area (Å²) in [4.78, 5) is 14.8. The van der Waals surface area contributed by atoms with Gasteiger partial charge >= 0.3 is 0 Å². The van der Waals surface area contributed by atoms with Crippen LogP contribution in [0, 0.1) is 0 Å². The Bertz CT molecular complexity index is 956. The first-order valence-electron chi connectivity index (χ1n) is 9.16. The van der Waals surface area contributed by atoms with Gasteiger partial charge in [0.05, 0.1) is 40.5 Å². The van der Waals surface area contributed by atoms with Crippen molar-refractivity contribution in [3.05, 3.63) is 17.7 Å². The summed E-state index contributed by atoms with van der Waals surface area (Å²) >= 11 is 1.49. The number of rotatable bonds is 4. The number of hydrogen-bond acceptors (Lipinski definition) is 7. The van der Waals surface area contributed by atoms with E-state index in [0.29, 0.717) is 24.0 Å². The Hall–Kier alpha value is -1.80. The lowest BCUT2D eigenvalue weighted by molar-refractivity contribution is 0.413. The summed E-state index contributed by atoms with van der Waals surface area (Å²) in [7, 11) is -1.03. The van der Waals surface area contributed by atoms with Crippen LogP contribution < -0.4 is 11.1 Å². The van der Waals surface area contributed by atoms with Crippen LogP contribution in [0.25, 0.3) is 15.8 Å². The highest BCUT2D eigenvalue weighted by Gasteiger charge is 2.32. The molecule has 6 nitrogen and oxygen atoms in total. The molecule has 1 aliphatic heterocycles. The summed E-state index contributed by atoms with van der Waals surface area (Å²) in [5.74, 6) is 1.15. The largest absolute Gasteiger partial charge is 0.396 e. The van der Waals surface area contributed by atoms with E-state index in [0.717, 1.165) is 51.4 Å². The fourth-order valence-electron chi connectivity index (χ4n) is 3.55. The average molecular weight is 388 g/mol. The van der Waals surface area contributed by atoms with Crippen LogP contribution in [0.2, 0.25) is 0 Å². The van der Waals surface area contributed by atoms with Gasteiger partial charge in [0.15, 0.2) is 5.82 Å². The van der Waals surface area contributed by atoms with E-state index in [1.807, 2.05) is 6.20 Å². The Kier molecular flexibility index (Phi) is 4.04. The van der Waals surface area contributed by atoms with Crippen LogP contribution >= 0.6 is 11.3 Å². The molecule has 3 heterocycles. The molecule has 0 amide bonds. The van der Waals surface area contributed by atoms with Crippen molar-refractivity contribution in [2.75, 3.05) is 12.3 Å². The predicted octanol–water partition coefficient (Wildman–Crippen LogP) is 3.17. The van der Waals surface area contributed by atoms with Crippen molar-refractivity contribution in [3.63, 3.8) is 0 Å². The van der Waals surface area contributed by atoms with E-state index >= 15 is 0 Å². The highest BCUT2D eigenvalue weighted by Crippen LogP contribution is 2.45. The van der Waals surface area contributed by atoms with Crippen molar-refractivity contribution in [2.24, 2.45) is 4.99 Å². The van der Waals surface area contributed by atoms with E-state index in [4.69, 9.17) is 15.7 Å². The lowest BCUT2D eigenvalue weighted by atomic mass is 9.81. The SMILES string of the molecule is Nc1c(S(=O)C2CCC2)sc2nc(C3=CNC=NC3)nc(C3CCC3)c12. The third-order valence-electron chi connectivity index (χ3n) is 5.58. The minimum Gasteiger partial charge on any atom is -0.396 e.